The monoisotopic (exact) mass is 592 g/mol. The maximum atomic E-state index is 13.5. The molecule has 0 aliphatic rings. The maximum Gasteiger partial charge on any atom is 0.360 e. The van der Waals surface area contributed by atoms with E-state index >= 15 is 0 Å². The summed E-state index contributed by atoms with van der Waals surface area (Å²) in [6.45, 7) is 0. The summed E-state index contributed by atoms with van der Waals surface area (Å²) in [5.41, 5.74) is 8.62. The molecule has 0 spiro atoms. The predicted octanol–water partition coefficient (Wildman–Crippen LogP) is 5.32. The first-order valence-corrected chi connectivity index (χ1v) is 13.4. The smallest absolute Gasteiger partial charge is 0.360 e. The molecule has 0 radical (unpaired) electrons. The minimum absolute atomic E-state index is 0.0553. The second-order valence-corrected chi connectivity index (χ2v) is 9.68. The molecular weight excluding hydrogens is 565 g/mol. The van der Waals surface area contributed by atoms with Crippen molar-refractivity contribution in [3.8, 4) is 5.75 Å². The van der Waals surface area contributed by atoms with E-state index in [0.717, 1.165) is 28.6 Å². The van der Waals surface area contributed by atoms with Gasteiger partial charge in [-0.3, -0.25) is 14.4 Å². The SMILES string of the molecule is COc1ccc(C(=O)N[C@@H](Cc2c[nH]c3ccccc23)C(=O)Nc2ccc(C(=O)N=[N+]=Nc3ccc(F)cc3N)cc2)cc1. The van der Waals surface area contributed by atoms with Crippen LogP contribution in [0.4, 0.5) is 21.5 Å². The van der Waals surface area contributed by atoms with Crippen LogP contribution in [0.5, 0.6) is 5.75 Å². The van der Waals surface area contributed by atoms with E-state index in [9.17, 15) is 18.8 Å². The summed E-state index contributed by atoms with van der Waals surface area (Å²) in [5, 5.41) is 13.9. The molecule has 5 aromatic rings. The highest BCUT2D eigenvalue weighted by Crippen LogP contribution is 2.22. The van der Waals surface area contributed by atoms with Crippen LogP contribution in [0.15, 0.2) is 107 Å². The van der Waals surface area contributed by atoms with Crippen molar-refractivity contribution in [3.63, 3.8) is 0 Å². The Morgan fingerprint density at radius 3 is 2.43 bits per heavy atom. The molecule has 3 amide bonds. The van der Waals surface area contributed by atoms with Gasteiger partial charge in [0.15, 0.2) is 10.8 Å². The first kappa shape index (κ1) is 29.4. The van der Waals surface area contributed by atoms with Gasteiger partial charge in [-0.1, -0.05) is 18.2 Å². The first-order valence-electron chi connectivity index (χ1n) is 13.4. The number of fused-ring (bicyclic) bond motifs is 1. The lowest BCUT2D eigenvalue weighted by Crippen LogP contribution is -2.45. The third-order valence-corrected chi connectivity index (χ3v) is 6.75. The lowest BCUT2D eigenvalue weighted by atomic mass is 10.0. The van der Waals surface area contributed by atoms with Crippen molar-refractivity contribution in [2.45, 2.75) is 12.5 Å². The minimum Gasteiger partial charge on any atom is -0.497 e. The average molecular weight is 593 g/mol. The van der Waals surface area contributed by atoms with E-state index in [1.165, 1.54) is 37.4 Å². The van der Waals surface area contributed by atoms with Gasteiger partial charge < -0.3 is 26.1 Å². The molecule has 0 fully saturated rings. The van der Waals surface area contributed by atoms with Crippen LogP contribution in [0.3, 0.4) is 0 Å². The van der Waals surface area contributed by atoms with Crippen LogP contribution in [0, 0.1) is 5.82 Å². The fourth-order valence-electron chi connectivity index (χ4n) is 4.42. The van der Waals surface area contributed by atoms with Crippen LogP contribution in [0.1, 0.15) is 26.3 Å². The van der Waals surface area contributed by atoms with Gasteiger partial charge in [0, 0.05) is 40.3 Å². The van der Waals surface area contributed by atoms with Crippen LogP contribution in [0.25, 0.3) is 10.9 Å². The molecule has 1 aromatic heterocycles. The third-order valence-electron chi connectivity index (χ3n) is 6.75. The van der Waals surface area contributed by atoms with E-state index < -0.39 is 29.6 Å². The van der Waals surface area contributed by atoms with Crippen molar-refractivity contribution in [2.24, 2.45) is 10.2 Å². The van der Waals surface area contributed by atoms with E-state index in [2.05, 4.69) is 30.8 Å². The zero-order valence-electron chi connectivity index (χ0n) is 23.5. The average Bonchev–Trinajstić information content (AvgIpc) is 3.44. The molecule has 11 nitrogen and oxygen atoms in total. The molecule has 0 unspecified atom stereocenters. The number of carbonyl (C=O) groups is 3. The molecule has 0 aliphatic carbocycles. The largest absolute Gasteiger partial charge is 0.497 e. The van der Waals surface area contributed by atoms with Gasteiger partial charge in [-0.2, -0.15) is 0 Å². The fraction of sp³-hybridized carbons (Fsp3) is 0.0938. The standard InChI is InChI=1S/C32H26FN7O4/c1-44-24-13-8-19(9-14-24)30(41)37-29(16-21-18-35-27-5-3-2-4-25(21)27)32(43)36-23-11-6-20(7-12-23)31(42)39-40-38-28-15-10-22(33)17-26(28)34/h2-15,17-18,29,34-35H,16H2,1H3,(H2,36,37,41,42,43)/p+1/t29-/m0/s1. The normalized spacial score (nSPS) is 11.2. The summed E-state index contributed by atoms with van der Waals surface area (Å²) in [4.78, 5) is 45.7. The van der Waals surface area contributed by atoms with Gasteiger partial charge in [0.05, 0.1) is 12.8 Å². The third kappa shape index (κ3) is 7.01. The van der Waals surface area contributed by atoms with Gasteiger partial charge in [-0.05, 0) is 78.4 Å². The zero-order chi connectivity index (χ0) is 31.1. The summed E-state index contributed by atoms with van der Waals surface area (Å²) in [6.07, 6.45) is 2.03. The molecule has 44 heavy (non-hydrogen) atoms. The molecule has 5 N–H and O–H groups in total. The van der Waals surface area contributed by atoms with Crippen LogP contribution in [0.2, 0.25) is 0 Å². The predicted molar refractivity (Wildman–Crippen MR) is 163 cm³/mol. The molecule has 0 aliphatic heterocycles. The highest BCUT2D eigenvalue weighted by molar-refractivity contribution is 6.02. The van der Waals surface area contributed by atoms with Gasteiger partial charge in [-0.15, -0.1) is 0 Å². The van der Waals surface area contributed by atoms with Gasteiger partial charge in [-0.25, -0.2) is 4.39 Å². The Bertz CT molecular complexity index is 1900. The van der Waals surface area contributed by atoms with Crippen LogP contribution in [-0.2, 0) is 11.2 Å². The van der Waals surface area contributed by atoms with Crippen LogP contribution < -0.4 is 26.0 Å². The van der Waals surface area contributed by atoms with Crippen molar-refractivity contribution in [3.05, 3.63) is 120 Å². The summed E-state index contributed by atoms with van der Waals surface area (Å²) >= 11 is 0. The number of H-pyrrole nitrogens is 1. The van der Waals surface area contributed by atoms with Gasteiger partial charge >= 0.3 is 5.91 Å². The van der Waals surface area contributed by atoms with E-state index in [1.54, 1.807) is 24.3 Å². The van der Waals surface area contributed by atoms with Crippen molar-refractivity contribution < 1.29 is 23.5 Å². The number of anilines is 2. The molecule has 0 saturated heterocycles. The Morgan fingerprint density at radius 1 is 0.977 bits per heavy atom. The van der Waals surface area contributed by atoms with E-state index in [-0.39, 0.29) is 23.4 Å². The lowest BCUT2D eigenvalue weighted by molar-refractivity contribution is -0.118. The number of methoxy groups -OCH3 is 1. The first-order chi connectivity index (χ1) is 21.3. The van der Waals surface area contributed by atoms with E-state index in [0.29, 0.717) is 17.0 Å². The number of benzene rings is 4. The van der Waals surface area contributed by atoms with Crippen molar-refractivity contribution in [2.75, 3.05) is 18.2 Å². The van der Waals surface area contributed by atoms with E-state index in [4.69, 9.17) is 10.5 Å². The molecule has 5 rings (SSSR count). The zero-order valence-corrected chi connectivity index (χ0v) is 23.5. The highest BCUT2D eigenvalue weighted by Gasteiger charge is 2.24. The Labute approximate surface area is 250 Å². The number of halogens is 1. The second-order valence-electron chi connectivity index (χ2n) is 9.68. The number of aromatic amines is 1. The van der Waals surface area contributed by atoms with Gasteiger partial charge in [0.1, 0.15) is 17.6 Å². The summed E-state index contributed by atoms with van der Waals surface area (Å²) in [7, 11) is 1.53. The van der Waals surface area contributed by atoms with Gasteiger partial charge in [0.25, 0.3) is 5.91 Å². The van der Waals surface area contributed by atoms with Crippen molar-refractivity contribution in [1.29, 1.82) is 0 Å². The number of aromatic nitrogens is 1. The number of nitrogens with zero attached hydrogens (tertiary/aromatic N) is 3. The second kappa shape index (κ2) is 13.2. The van der Waals surface area contributed by atoms with E-state index in [1.807, 2.05) is 30.5 Å². The summed E-state index contributed by atoms with van der Waals surface area (Å²) < 4.78 is 18.3. The molecule has 1 atom stereocenters. The number of ether oxygens (including phenoxy) is 1. The molecule has 220 valence electrons. The Hall–Kier alpha value is -6.13. The Morgan fingerprint density at radius 2 is 1.70 bits per heavy atom. The minimum atomic E-state index is -0.931. The lowest BCUT2D eigenvalue weighted by Gasteiger charge is -2.19. The highest BCUT2D eigenvalue weighted by atomic mass is 19.1. The number of carbonyl (C=O) groups excluding carboxylic acids is 3. The maximum absolute atomic E-state index is 13.5. The quantitative estimate of drug-likeness (QED) is 0.103. The molecule has 12 heteroatoms. The van der Waals surface area contributed by atoms with Gasteiger partial charge in [0.2, 0.25) is 15.9 Å². The topological polar surface area (TPSA) is 165 Å². The fourth-order valence-corrected chi connectivity index (χ4v) is 4.42. The van der Waals surface area contributed by atoms with Crippen LogP contribution >= 0.6 is 0 Å². The van der Waals surface area contributed by atoms with Crippen molar-refractivity contribution >= 4 is 45.7 Å². The molecule has 4 aromatic carbocycles. The van der Waals surface area contributed by atoms with Crippen LogP contribution in [-0.4, -0.2) is 35.9 Å². The number of nitrogens with one attached hydrogen (secondary N) is 3. The number of amides is 3. The number of nitrogens with two attached hydrogens (primary N) is 1. The number of para-hydroxylation sites is 1. The Balaban J connectivity index is 1.30. The molecule has 0 bridgehead atoms. The number of hydrogen-bond acceptors (Lipinski definition) is 6. The molecular formula is C32H27FN7O4+. The number of rotatable bonds is 9. The number of hydrogen-bond donors (Lipinski definition) is 4. The Kier molecular flexibility index (Phi) is 8.83. The molecule has 1 heterocycles. The number of nitrogen functional groups attached to an aromatic ring is 1. The molecule has 0 saturated carbocycles. The van der Waals surface area contributed by atoms with Crippen molar-refractivity contribution in [1.82, 2.24) is 15.2 Å². The summed E-state index contributed by atoms with van der Waals surface area (Å²) in [5.74, 6) is -1.48. The summed E-state index contributed by atoms with van der Waals surface area (Å²) in [6, 6.07) is 22.9.